The molecule has 15 heavy (non-hydrogen) atoms. The van der Waals surface area contributed by atoms with Gasteiger partial charge in [-0.05, 0) is 31.9 Å². The van der Waals surface area contributed by atoms with Gasteiger partial charge in [-0.2, -0.15) is 0 Å². The number of hydrogen-bond acceptors (Lipinski definition) is 2. The second-order valence-corrected chi connectivity index (χ2v) is 4.14. The van der Waals surface area contributed by atoms with E-state index in [-0.39, 0.29) is 11.9 Å². The lowest BCUT2D eigenvalue weighted by Gasteiger charge is -2.12. The maximum atomic E-state index is 11.8. The van der Waals surface area contributed by atoms with Gasteiger partial charge in [0.15, 0.2) is 0 Å². The summed E-state index contributed by atoms with van der Waals surface area (Å²) in [6.45, 7) is 2.37. The van der Waals surface area contributed by atoms with Crippen LogP contribution in [0.1, 0.15) is 36.3 Å². The lowest BCUT2D eigenvalue weighted by atomic mass is 10.3. The predicted octanol–water partition coefficient (Wildman–Crippen LogP) is 0.900. The third-order valence-electron chi connectivity index (χ3n) is 2.68. The van der Waals surface area contributed by atoms with Gasteiger partial charge in [0, 0.05) is 24.8 Å². The summed E-state index contributed by atoms with van der Waals surface area (Å²) in [5, 5.41) is 2.87. The van der Waals surface area contributed by atoms with Gasteiger partial charge in [0.2, 0.25) is 0 Å². The molecule has 0 radical (unpaired) electrons. The molecular formula is C11H17N3O. The van der Waals surface area contributed by atoms with Crippen molar-refractivity contribution in [1.29, 1.82) is 0 Å². The second-order valence-electron chi connectivity index (χ2n) is 4.14. The summed E-state index contributed by atoms with van der Waals surface area (Å²) in [7, 11) is 0. The van der Waals surface area contributed by atoms with Crippen LogP contribution < -0.4 is 11.1 Å². The summed E-state index contributed by atoms with van der Waals surface area (Å²) in [6.07, 6.45) is 4.34. The molecule has 1 aliphatic rings. The van der Waals surface area contributed by atoms with Crippen molar-refractivity contribution in [1.82, 2.24) is 9.88 Å². The van der Waals surface area contributed by atoms with Crippen LogP contribution in [0.15, 0.2) is 18.3 Å². The Morgan fingerprint density at radius 1 is 1.73 bits per heavy atom. The van der Waals surface area contributed by atoms with E-state index in [1.165, 1.54) is 12.8 Å². The number of aromatic nitrogens is 1. The van der Waals surface area contributed by atoms with E-state index in [4.69, 9.17) is 5.73 Å². The van der Waals surface area contributed by atoms with Crippen LogP contribution in [0, 0.1) is 0 Å². The highest BCUT2D eigenvalue weighted by molar-refractivity contribution is 5.93. The maximum absolute atomic E-state index is 11.8. The van der Waals surface area contributed by atoms with Crippen LogP contribution in [0.2, 0.25) is 0 Å². The third-order valence-corrected chi connectivity index (χ3v) is 2.68. The Morgan fingerprint density at radius 2 is 2.47 bits per heavy atom. The quantitative estimate of drug-likeness (QED) is 0.770. The number of hydrogen-bond donors (Lipinski definition) is 2. The van der Waals surface area contributed by atoms with E-state index in [0.29, 0.717) is 12.6 Å². The zero-order valence-corrected chi connectivity index (χ0v) is 8.94. The van der Waals surface area contributed by atoms with Crippen molar-refractivity contribution in [2.24, 2.45) is 5.73 Å². The summed E-state index contributed by atoms with van der Waals surface area (Å²) >= 11 is 0. The first-order chi connectivity index (χ1) is 7.22. The number of amides is 1. The van der Waals surface area contributed by atoms with Crippen LogP contribution in [0.25, 0.3) is 0 Å². The first kappa shape index (κ1) is 10.2. The first-order valence-electron chi connectivity index (χ1n) is 5.40. The van der Waals surface area contributed by atoms with Crippen LogP contribution in [0.3, 0.4) is 0 Å². The molecule has 0 aliphatic heterocycles. The molecule has 4 heteroatoms. The summed E-state index contributed by atoms with van der Waals surface area (Å²) in [5.41, 5.74) is 6.21. The van der Waals surface area contributed by atoms with Gasteiger partial charge in [-0.15, -0.1) is 0 Å². The van der Waals surface area contributed by atoms with Gasteiger partial charge < -0.3 is 15.6 Å². The fourth-order valence-corrected chi connectivity index (χ4v) is 1.61. The smallest absolute Gasteiger partial charge is 0.268 e. The molecule has 1 aromatic heterocycles. The van der Waals surface area contributed by atoms with Gasteiger partial charge in [0.25, 0.3) is 5.91 Å². The van der Waals surface area contributed by atoms with Crippen molar-refractivity contribution >= 4 is 5.91 Å². The Balaban J connectivity index is 2.07. The maximum Gasteiger partial charge on any atom is 0.268 e. The normalized spacial score (nSPS) is 17.5. The summed E-state index contributed by atoms with van der Waals surface area (Å²) in [5.74, 6) is -0.0233. The van der Waals surface area contributed by atoms with Gasteiger partial charge in [-0.25, -0.2) is 0 Å². The predicted molar refractivity (Wildman–Crippen MR) is 58.7 cm³/mol. The molecule has 1 fully saturated rings. The van der Waals surface area contributed by atoms with E-state index in [0.717, 1.165) is 5.69 Å². The van der Waals surface area contributed by atoms with E-state index in [9.17, 15) is 4.79 Å². The van der Waals surface area contributed by atoms with Crippen molar-refractivity contribution in [3.05, 3.63) is 24.0 Å². The number of carbonyl (C=O) groups is 1. The zero-order chi connectivity index (χ0) is 10.8. The number of carbonyl (C=O) groups excluding carboxylic acids is 1. The van der Waals surface area contributed by atoms with E-state index < -0.39 is 0 Å². The minimum Gasteiger partial charge on any atom is -0.347 e. The topological polar surface area (TPSA) is 60.0 Å². The van der Waals surface area contributed by atoms with E-state index in [2.05, 4.69) is 9.88 Å². The Morgan fingerprint density at radius 3 is 3.07 bits per heavy atom. The van der Waals surface area contributed by atoms with Crippen molar-refractivity contribution in [3.8, 4) is 0 Å². The Bertz CT molecular complexity index is 354. The molecule has 2 rings (SSSR count). The van der Waals surface area contributed by atoms with Gasteiger partial charge >= 0.3 is 0 Å². The third kappa shape index (κ3) is 2.21. The number of nitrogens with zero attached hydrogens (tertiary/aromatic N) is 1. The van der Waals surface area contributed by atoms with Gasteiger partial charge in [-0.1, -0.05) is 0 Å². The molecule has 1 aliphatic carbocycles. The molecule has 0 spiro atoms. The van der Waals surface area contributed by atoms with Gasteiger partial charge in [-0.3, -0.25) is 4.79 Å². The zero-order valence-electron chi connectivity index (χ0n) is 8.94. The minimum absolute atomic E-state index is 0.0233. The van der Waals surface area contributed by atoms with E-state index in [1.807, 2.05) is 25.3 Å². The van der Waals surface area contributed by atoms with E-state index in [1.54, 1.807) is 0 Å². The molecule has 82 valence electrons. The number of rotatable bonds is 4. The van der Waals surface area contributed by atoms with Crippen molar-refractivity contribution in [3.63, 3.8) is 0 Å². The Labute approximate surface area is 89.5 Å². The largest absolute Gasteiger partial charge is 0.347 e. The summed E-state index contributed by atoms with van der Waals surface area (Å²) in [4.78, 5) is 11.8. The second kappa shape index (κ2) is 4.06. The fraction of sp³-hybridized carbons (Fsp3) is 0.545. The van der Waals surface area contributed by atoms with Crippen molar-refractivity contribution in [2.45, 2.75) is 31.8 Å². The Hall–Kier alpha value is -1.29. The monoisotopic (exact) mass is 207 g/mol. The van der Waals surface area contributed by atoms with Crippen molar-refractivity contribution in [2.75, 3.05) is 6.54 Å². The molecule has 1 saturated carbocycles. The molecule has 4 nitrogen and oxygen atoms in total. The number of nitrogens with one attached hydrogen (secondary N) is 1. The molecule has 0 aromatic carbocycles. The standard InChI is InChI=1S/C11H17N3O/c1-8(7-12)13-11(15)10-3-2-6-14(10)9-4-5-9/h2-3,6,8-9H,4-5,7,12H2,1H3,(H,13,15). The molecule has 0 bridgehead atoms. The molecule has 1 unspecified atom stereocenters. The molecular weight excluding hydrogens is 190 g/mol. The molecule has 0 saturated heterocycles. The molecule has 3 N–H and O–H groups in total. The van der Waals surface area contributed by atoms with E-state index >= 15 is 0 Å². The minimum atomic E-state index is -0.0233. The lowest BCUT2D eigenvalue weighted by molar-refractivity contribution is 0.0931. The summed E-state index contributed by atoms with van der Waals surface area (Å²) in [6, 6.07) is 4.34. The van der Waals surface area contributed by atoms with Gasteiger partial charge in [0.1, 0.15) is 5.69 Å². The highest BCUT2D eigenvalue weighted by Gasteiger charge is 2.26. The fourth-order valence-electron chi connectivity index (χ4n) is 1.61. The van der Waals surface area contributed by atoms with Crippen LogP contribution in [-0.2, 0) is 0 Å². The average molecular weight is 207 g/mol. The highest BCUT2D eigenvalue weighted by Crippen LogP contribution is 2.35. The summed E-state index contributed by atoms with van der Waals surface area (Å²) < 4.78 is 2.05. The van der Waals surface area contributed by atoms with Crippen LogP contribution in [0.5, 0.6) is 0 Å². The molecule has 1 heterocycles. The first-order valence-corrected chi connectivity index (χ1v) is 5.40. The average Bonchev–Trinajstić information content (AvgIpc) is 2.95. The number of nitrogens with two attached hydrogens (primary N) is 1. The molecule has 1 aromatic rings. The Kier molecular flexibility index (Phi) is 2.77. The van der Waals surface area contributed by atoms with Gasteiger partial charge in [0.05, 0.1) is 0 Å². The molecule has 1 atom stereocenters. The lowest BCUT2D eigenvalue weighted by Crippen LogP contribution is -2.38. The van der Waals surface area contributed by atoms with Crippen molar-refractivity contribution < 1.29 is 4.79 Å². The highest BCUT2D eigenvalue weighted by atomic mass is 16.2. The SMILES string of the molecule is CC(CN)NC(=O)c1cccn1C1CC1. The van der Waals surface area contributed by atoms with Crippen LogP contribution in [-0.4, -0.2) is 23.1 Å². The molecule has 1 amide bonds. The van der Waals surface area contributed by atoms with Crippen LogP contribution >= 0.6 is 0 Å². The van der Waals surface area contributed by atoms with Crippen LogP contribution in [0.4, 0.5) is 0 Å².